The van der Waals surface area contributed by atoms with Crippen molar-refractivity contribution in [3.05, 3.63) is 59.7 Å². The van der Waals surface area contributed by atoms with Crippen LogP contribution >= 0.6 is 0 Å². The molecule has 27 heavy (non-hydrogen) atoms. The fraction of sp³-hybridized carbons (Fsp3) is 0.316. The first-order valence-corrected chi connectivity index (χ1v) is 10.4. The van der Waals surface area contributed by atoms with Crippen LogP contribution in [0.4, 0.5) is 0 Å². The van der Waals surface area contributed by atoms with Gasteiger partial charge < -0.3 is 4.42 Å². The van der Waals surface area contributed by atoms with Crippen molar-refractivity contribution in [3.63, 3.8) is 0 Å². The topological polar surface area (TPSA) is 98.0 Å². The zero-order valence-corrected chi connectivity index (χ0v) is 15.6. The third kappa shape index (κ3) is 4.06. The molecule has 140 valence electrons. The van der Waals surface area contributed by atoms with E-state index in [9.17, 15) is 8.42 Å². The Morgan fingerprint density at radius 2 is 1.93 bits per heavy atom. The van der Waals surface area contributed by atoms with Crippen LogP contribution in [0.25, 0.3) is 11.5 Å². The number of sulfonamides is 1. The monoisotopic (exact) mass is 384 g/mol. The number of aryl methyl sites for hydroxylation is 2. The van der Waals surface area contributed by atoms with Crippen LogP contribution < -0.4 is 4.72 Å². The molecule has 0 bridgehead atoms. The smallest absolute Gasteiger partial charge is 0.249 e. The molecular formula is C19H20N4O3S. The van der Waals surface area contributed by atoms with E-state index in [-0.39, 0.29) is 6.54 Å². The molecule has 8 heteroatoms. The number of hydrogen-bond acceptors (Lipinski definition) is 6. The van der Waals surface area contributed by atoms with Gasteiger partial charge in [-0.15, -0.1) is 10.2 Å². The molecule has 0 amide bonds. The van der Waals surface area contributed by atoms with E-state index in [1.54, 1.807) is 30.6 Å². The Bertz CT molecular complexity index is 1030. The van der Waals surface area contributed by atoms with Gasteiger partial charge in [0.05, 0.1) is 10.5 Å². The van der Waals surface area contributed by atoms with Crippen LogP contribution in [0.3, 0.4) is 0 Å². The van der Waals surface area contributed by atoms with Crippen LogP contribution in [0.5, 0.6) is 0 Å². The minimum atomic E-state index is -3.56. The highest BCUT2D eigenvalue weighted by Crippen LogP contribution is 2.24. The molecule has 1 N–H and O–H groups in total. The molecule has 0 saturated carbocycles. The first kappa shape index (κ1) is 17.8. The maximum atomic E-state index is 12.5. The Kier molecular flexibility index (Phi) is 5.00. The van der Waals surface area contributed by atoms with Crippen molar-refractivity contribution < 1.29 is 12.8 Å². The number of nitrogens with one attached hydrogen (secondary N) is 1. The molecule has 2 aromatic heterocycles. The minimum absolute atomic E-state index is 0.189. The summed E-state index contributed by atoms with van der Waals surface area (Å²) in [6.45, 7) is 0.189. The lowest BCUT2D eigenvalue weighted by Crippen LogP contribution is -2.26. The van der Waals surface area contributed by atoms with Gasteiger partial charge in [0.15, 0.2) is 0 Å². The Hall–Kier alpha value is -2.58. The third-order valence-corrected chi connectivity index (χ3v) is 6.10. The molecule has 0 atom stereocenters. The van der Waals surface area contributed by atoms with Crippen LogP contribution in [0, 0.1) is 0 Å². The van der Waals surface area contributed by atoms with Gasteiger partial charge in [0.2, 0.25) is 21.8 Å². The number of aromatic nitrogens is 3. The lowest BCUT2D eigenvalue weighted by Gasteiger charge is -2.16. The molecule has 1 aliphatic carbocycles. The summed E-state index contributed by atoms with van der Waals surface area (Å²) in [6.07, 6.45) is 7.87. The summed E-state index contributed by atoms with van der Waals surface area (Å²) in [6, 6.07) is 9.01. The Morgan fingerprint density at radius 3 is 2.74 bits per heavy atom. The average molecular weight is 384 g/mol. The van der Waals surface area contributed by atoms with E-state index in [0.717, 1.165) is 30.4 Å². The van der Waals surface area contributed by atoms with Crippen molar-refractivity contribution in [1.29, 1.82) is 0 Å². The Labute approximate surface area is 157 Å². The van der Waals surface area contributed by atoms with E-state index in [0.29, 0.717) is 23.1 Å². The first-order valence-electron chi connectivity index (χ1n) is 8.96. The molecule has 2 heterocycles. The summed E-state index contributed by atoms with van der Waals surface area (Å²) in [5.74, 6) is 0.748. The van der Waals surface area contributed by atoms with Crippen molar-refractivity contribution in [1.82, 2.24) is 19.9 Å². The van der Waals surface area contributed by atoms with Crippen LogP contribution in [-0.2, 0) is 29.3 Å². The second-order valence-corrected chi connectivity index (χ2v) is 8.30. The van der Waals surface area contributed by atoms with Gasteiger partial charge in [0.1, 0.15) is 0 Å². The van der Waals surface area contributed by atoms with E-state index in [1.807, 2.05) is 12.1 Å². The van der Waals surface area contributed by atoms with Gasteiger partial charge in [-0.3, -0.25) is 4.98 Å². The van der Waals surface area contributed by atoms with Gasteiger partial charge in [0.25, 0.3) is 0 Å². The van der Waals surface area contributed by atoms with Crippen LogP contribution in [0.2, 0.25) is 0 Å². The molecule has 0 radical (unpaired) electrons. The number of nitrogens with zero attached hydrogens (tertiary/aromatic N) is 3. The van der Waals surface area contributed by atoms with Crippen LogP contribution in [0.15, 0.2) is 52.0 Å². The maximum Gasteiger partial charge on any atom is 0.249 e. The fourth-order valence-electron chi connectivity index (χ4n) is 3.21. The lowest BCUT2D eigenvalue weighted by molar-refractivity contribution is 0.501. The van der Waals surface area contributed by atoms with Gasteiger partial charge in [-0.25, -0.2) is 13.1 Å². The standard InChI is InChI=1S/C19H20N4O3S/c24-27(25,17-8-7-14-4-1-2-5-15(14)12-17)21-11-9-18-22-23-19(26-18)16-6-3-10-20-13-16/h3,6-8,10,12-13,21H,1-2,4-5,9,11H2. The Balaban J connectivity index is 1.39. The van der Waals surface area contributed by atoms with Gasteiger partial charge in [-0.1, -0.05) is 6.07 Å². The summed E-state index contributed by atoms with van der Waals surface area (Å²) in [7, 11) is -3.56. The summed E-state index contributed by atoms with van der Waals surface area (Å²) in [5, 5.41) is 7.94. The molecular weight excluding hydrogens is 364 g/mol. The summed E-state index contributed by atoms with van der Waals surface area (Å²) < 4.78 is 33.3. The predicted molar refractivity (Wildman–Crippen MR) is 99.5 cm³/mol. The van der Waals surface area contributed by atoms with E-state index in [1.165, 1.54) is 12.0 Å². The van der Waals surface area contributed by atoms with E-state index < -0.39 is 10.0 Å². The molecule has 0 spiro atoms. The number of rotatable bonds is 6. The maximum absolute atomic E-state index is 12.5. The number of pyridine rings is 1. The van der Waals surface area contributed by atoms with Crippen molar-refractivity contribution in [2.24, 2.45) is 0 Å². The number of fused-ring (bicyclic) bond motifs is 1. The SMILES string of the molecule is O=S(=O)(NCCc1nnc(-c2cccnc2)o1)c1ccc2c(c1)CCCC2. The molecule has 0 fully saturated rings. The quantitative estimate of drug-likeness (QED) is 0.701. The average Bonchev–Trinajstić information content (AvgIpc) is 3.17. The van der Waals surface area contributed by atoms with Crippen LogP contribution in [-0.4, -0.2) is 30.1 Å². The predicted octanol–water partition coefficient (Wildman–Crippen LogP) is 2.53. The highest BCUT2D eigenvalue weighted by atomic mass is 32.2. The van der Waals surface area contributed by atoms with Gasteiger partial charge in [0, 0.05) is 25.4 Å². The van der Waals surface area contributed by atoms with E-state index >= 15 is 0 Å². The molecule has 1 aliphatic rings. The van der Waals surface area contributed by atoms with Crippen molar-refractivity contribution in [3.8, 4) is 11.5 Å². The third-order valence-electron chi connectivity index (χ3n) is 4.64. The highest BCUT2D eigenvalue weighted by Gasteiger charge is 2.18. The number of benzene rings is 1. The summed E-state index contributed by atoms with van der Waals surface area (Å²) >= 11 is 0. The molecule has 0 aliphatic heterocycles. The fourth-order valence-corrected chi connectivity index (χ4v) is 4.30. The molecule has 0 unspecified atom stereocenters. The Morgan fingerprint density at radius 1 is 1.07 bits per heavy atom. The molecule has 1 aromatic carbocycles. The van der Waals surface area contributed by atoms with Crippen molar-refractivity contribution in [2.45, 2.75) is 37.0 Å². The van der Waals surface area contributed by atoms with Gasteiger partial charge in [-0.2, -0.15) is 0 Å². The second-order valence-electron chi connectivity index (χ2n) is 6.53. The van der Waals surface area contributed by atoms with E-state index in [2.05, 4.69) is 19.9 Å². The van der Waals surface area contributed by atoms with Gasteiger partial charge in [-0.05, 0) is 61.1 Å². The zero-order valence-electron chi connectivity index (χ0n) is 14.8. The largest absolute Gasteiger partial charge is 0.421 e. The van der Waals surface area contributed by atoms with Gasteiger partial charge >= 0.3 is 0 Å². The van der Waals surface area contributed by atoms with Crippen LogP contribution in [0.1, 0.15) is 29.9 Å². The molecule has 4 rings (SSSR count). The molecule has 7 nitrogen and oxygen atoms in total. The number of hydrogen-bond donors (Lipinski definition) is 1. The van der Waals surface area contributed by atoms with E-state index in [4.69, 9.17) is 4.42 Å². The zero-order chi connectivity index (χ0) is 18.7. The minimum Gasteiger partial charge on any atom is -0.421 e. The van der Waals surface area contributed by atoms with Crippen molar-refractivity contribution in [2.75, 3.05) is 6.54 Å². The second kappa shape index (κ2) is 7.58. The molecule has 0 saturated heterocycles. The lowest BCUT2D eigenvalue weighted by atomic mass is 9.92. The summed E-state index contributed by atoms with van der Waals surface area (Å²) in [4.78, 5) is 4.32. The normalized spacial score (nSPS) is 14.1. The first-order chi connectivity index (χ1) is 13.1. The molecule has 3 aromatic rings. The summed E-state index contributed by atoms with van der Waals surface area (Å²) in [5.41, 5.74) is 3.13. The van der Waals surface area contributed by atoms with Crippen molar-refractivity contribution >= 4 is 10.0 Å². The highest BCUT2D eigenvalue weighted by molar-refractivity contribution is 7.89.